The Hall–Kier alpha value is -2.57. The fraction of sp³-hybridized carbons (Fsp3) is 0.571. The molecular weight excluding hydrogens is 352 g/mol. The summed E-state index contributed by atoms with van der Waals surface area (Å²) in [4.78, 5) is 15.6. The molecule has 2 aromatic heterocycles. The zero-order valence-electron chi connectivity index (χ0n) is 17.6. The number of hydrogen-bond donors (Lipinski definition) is 2. The van der Waals surface area contributed by atoms with Crippen LogP contribution in [0.15, 0.2) is 33.9 Å². The van der Waals surface area contributed by atoms with E-state index in [-0.39, 0.29) is 5.41 Å². The van der Waals surface area contributed by atoms with Gasteiger partial charge in [0.05, 0.1) is 12.7 Å². The van der Waals surface area contributed by atoms with Gasteiger partial charge in [-0.3, -0.25) is 4.99 Å². The summed E-state index contributed by atoms with van der Waals surface area (Å²) >= 11 is 0. The monoisotopic (exact) mass is 384 g/mol. The highest BCUT2D eigenvalue weighted by Gasteiger charge is 2.22. The van der Waals surface area contributed by atoms with E-state index in [1.807, 2.05) is 12.4 Å². The first kappa shape index (κ1) is 20.2. The second kappa shape index (κ2) is 8.63. The first-order valence-corrected chi connectivity index (χ1v) is 9.95. The Balaban J connectivity index is 1.46. The first-order chi connectivity index (χ1) is 13.3. The number of aliphatic imine (C=N–C) groups is 1. The number of anilines is 1. The summed E-state index contributed by atoms with van der Waals surface area (Å²) in [5.41, 5.74) is 1.15. The number of aryl methyl sites for hydroxylation is 1. The van der Waals surface area contributed by atoms with E-state index in [4.69, 9.17) is 4.42 Å². The molecule has 2 N–H and O–H groups in total. The largest absolute Gasteiger partial charge is 0.443 e. The SMILES string of the molecule is CN=C(NCc1ncc(C(C)(C)C)o1)NC1CCN(c2ccc(C)cn2)CC1. The average molecular weight is 385 g/mol. The van der Waals surface area contributed by atoms with Gasteiger partial charge < -0.3 is 20.0 Å². The van der Waals surface area contributed by atoms with Gasteiger partial charge in [-0.25, -0.2) is 9.97 Å². The Labute approximate surface area is 167 Å². The summed E-state index contributed by atoms with van der Waals surface area (Å²) in [6.45, 7) is 10.9. The lowest BCUT2D eigenvalue weighted by Crippen LogP contribution is -2.48. The number of guanidine groups is 1. The van der Waals surface area contributed by atoms with Gasteiger partial charge in [0.15, 0.2) is 5.96 Å². The molecule has 0 aliphatic carbocycles. The van der Waals surface area contributed by atoms with Crippen LogP contribution in [0.25, 0.3) is 0 Å². The molecule has 2 aromatic rings. The maximum atomic E-state index is 5.83. The molecular formula is C21H32N6O. The van der Waals surface area contributed by atoms with E-state index in [9.17, 15) is 0 Å². The van der Waals surface area contributed by atoms with E-state index in [0.717, 1.165) is 43.5 Å². The fourth-order valence-corrected chi connectivity index (χ4v) is 3.19. The average Bonchev–Trinajstić information content (AvgIpc) is 3.16. The van der Waals surface area contributed by atoms with Gasteiger partial charge in [-0.1, -0.05) is 26.8 Å². The molecule has 0 radical (unpaired) electrons. The minimum atomic E-state index is -0.0363. The third-order valence-electron chi connectivity index (χ3n) is 4.98. The van der Waals surface area contributed by atoms with E-state index >= 15 is 0 Å². The standard InChI is InChI=1S/C21H32N6O/c1-15-6-7-18(23-12-15)27-10-8-16(9-11-27)26-20(22-5)25-14-19-24-13-17(28-19)21(2,3)4/h6-7,12-13,16H,8-11,14H2,1-5H3,(H2,22,25,26). The molecule has 1 aliphatic rings. The highest BCUT2D eigenvalue weighted by atomic mass is 16.4. The van der Waals surface area contributed by atoms with Crippen LogP contribution in [-0.2, 0) is 12.0 Å². The molecule has 152 valence electrons. The van der Waals surface area contributed by atoms with E-state index in [1.54, 1.807) is 7.05 Å². The second-order valence-electron chi connectivity index (χ2n) is 8.39. The number of hydrogen-bond acceptors (Lipinski definition) is 5. The van der Waals surface area contributed by atoms with Gasteiger partial charge in [0.2, 0.25) is 5.89 Å². The van der Waals surface area contributed by atoms with Crippen LogP contribution >= 0.6 is 0 Å². The van der Waals surface area contributed by atoms with Crippen molar-refractivity contribution in [1.29, 1.82) is 0 Å². The number of rotatable bonds is 4. The first-order valence-electron chi connectivity index (χ1n) is 9.95. The molecule has 1 saturated heterocycles. The van der Waals surface area contributed by atoms with Gasteiger partial charge in [0, 0.05) is 37.8 Å². The predicted octanol–water partition coefficient (Wildman–Crippen LogP) is 3.01. The highest BCUT2D eigenvalue weighted by Crippen LogP contribution is 2.22. The fourth-order valence-electron chi connectivity index (χ4n) is 3.19. The van der Waals surface area contributed by atoms with Crippen molar-refractivity contribution in [2.75, 3.05) is 25.0 Å². The Morgan fingerprint density at radius 1 is 1.21 bits per heavy atom. The molecule has 7 heteroatoms. The molecule has 0 bridgehead atoms. The molecule has 0 spiro atoms. The minimum Gasteiger partial charge on any atom is -0.443 e. The van der Waals surface area contributed by atoms with Crippen LogP contribution in [0.2, 0.25) is 0 Å². The van der Waals surface area contributed by atoms with Crippen molar-refractivity contribution in [3.05, 3.63) is 41.7 Å². The zero-order valence-corrected chi connectivity index (χ0v) is 17.6. The van der Waals surface area contributed by atoms with Crippen molar-refractivity contribution in [3.8, 4) is 0 Å². The van der Waals surface area contributed by atoms with Gasteiger partial charge in [-0.15, -0.1) is 0 Å². The number of pyridine rings is 1. The summed E-state index contributed by atoms with van der Waals surface area (Å²) in [6, 6.07) is 4.61. The summed E-state index contributed by atoms with van der Waals surface area (Å²) in [5, 5.41) is 6.82. The number of nitrogens with one attached hydrogen (secondary N) is 2. The number of piperidine rings is 1. The van der Waals surface area contributed by atoms with Gasteiger partial charge in [0.1, 0.15) is 11.6 Å². The van der Waals surface area contributed by atoms with Crippen LogP contribution in [0.1, 0.15) is 50.8 Å². The summed E-state index contributed by atoms with van der Waals surface area (Å²) in [6.07, 6.45) is 5.83. The molecule has 7 nitrogen and oxygen atoms in total. The van der Waals surface area contributed by atoms with Crippen molar-refractivity contribution >= 4 is 11.8 Å². The highest BCUT2D eigenvalue weighted by molar-refractivity contribution is 5.79. The van der Waals surface area contributed by atoms with Crippen molar-refractivity contribution < 1.29 is 4.42 Å². The zero-order chi connectivity index (χ0) is 20.1. The van der Waals surface area contributed by atoms with Gasteiger partial charge in [0.25, 0.3) is 0 Å². The molecule has 0 atom stereocenters. The topological polar surface area (TPSA) is 78.6 Å². The third kappa shape index (κ3) is 5.24. The Kier molecular flexibility index (Phi) is 6.21. The van der Waals surface area contributed by atoms with Crippen LogP contribution in [0.4, 0.5) is 5.82 Å². The maximum absolute atomic E-state index is 5.83. The van der Waals surface area contributed by atoms with Crippen molar-refractivity contribution in [1.82, 2.24) is 20.6 Å². The summed E-state index contributed by atoms with van der Waals surface area (Å²) in [5.74, 6) is 3.41. The molecule has 1 fully saturated rings. The van der Waals surface area contributed by atoms with Crippen molar-refractivity contribution in [2.24, 2.45) is 4.99 Å². The van der Waals surface area contributed by atoms with Crippen LogP contribution < -0.4 is 15.5 Å². The van der Waals surface area contributed by atoms with E-state index in [0.29, 0.717) is 18.5 Å². The molecule has 3 rings (SSSR count). The van der Waals surface area contributed by atoms with Crippen LogP contribution in [0.5, 0.6) is 0 Å². The smallest absolute Gasteiger partial charge is 0.213 e. The number of nitrogens with zero attached hydrogens (tertiary/aromatic N) is 4. The summed E-state index contributed by atoms with van der Waals surface area (Å²) < 4.78 is 5.83. The second-order valence-corrected chi connectivity index (χ2v) is 8.39. The lowest BCUT2D eigenvalue weighted by molar-refractivity contribution is 0.379. The van der Waals surface area contributed by atoms with Gasteiger partial charge in [-0.05, 0) is 31.4 Å². The molecule has 0 unspecified atom stereocenters. The maximum Gasteiger partial charge on any atom is 0.213 e. The normalized spacial score (nSPS) is 16.3. The minimum absolute atomic E-state index is 0.0363. The molecule has 0 aromatic carbocycles. The number of oxazole rings is 1. The quantitative estimate of drug-likeness (QED) is 0.623. The van der Waals surface area contributed by atoms with Gasteiger partial charge in [-0.2, -0.15) is 0 Å². The molecule has 28 heavy (non-hydrogen) atoms. The molecule has 1 aliphatic heterocycles. The Morgan fingerprint density at radius 2 is 1.96 bits per heavy atom. The van der Waals surface area contributed by atoms with Crippen molar-refractivity contribution in [3.63, 3.8) is 0 Å². The number of aromatic nitrogens is 2. The lowest BCUT2D eigenvalue weighted by Gasteiger charge is -2.33. The molecule has 0 saturated carbocycles. The van der Waals surface area contributed by atoms with Crippen LogP contribution in [-0.4, -0.2) is 42.1 Å². The van der Waals surface area contributed by atoms with E-state index < -0.39 is 0 Å². The predicted molar refractivity (Wildman–Crippen MR) is 113 cm³/mol. The Morgan fingerprint density at radius 3 is 2.54 bits per heavy atom. The van der Waals surface area contributed by atoms with E-state index in [1.165, 1.54) is 5.56 Å². The van der Waals surface area contributed by atoms with Crippen LogP contribution in [0, 0.1) is 6.92 Å². The third-order valence-corrected chi connectivity index (χ3v) is 4.98. The van der Waals surface area contributed by atoms with Gasteiger partial charge >= 0.3 is 0 Å². The van der Waals surface area contributed by atoms with Crippen LogP contribution in [0.3, 0.4) is 0 Å². The Bertz CT molecular complexity index is 782. The summed E-state index contributed by atoms with van der Waals surface area (Å²) in [7, 11) is 1.79. The van der Waals surface area contributed by atoms with E-state index in [2.05, 4.69) is 70.3 Å². The molecule has 0 amide bonds. The lowest BCUT2D eigenvalue weighted by atomic mass is 9.94. The van der Waals surface area contributed by atoms with Crippen molar-refractivity contribution in [2.45, 2.75) is 58.5 Å². The molecule has 3 heterocycles.